The van der Waals surface area contributed by atoms with Crippen molar-refractivity contribution in [2.24, 2.45) is 0 Å². The van der Waals surface area contributed by atoms with Gasteiger partial charge < -0.3 is 20.5 Å². The molecule has 3 N–H and O–H groups in total. The molecule has 2 aromatic carbocycles. The van der Waals surface area contributed by atoms with Crippen LogP contribution in [-0.4, -0.2) is 60.8 Å². The Labute approximate surface area is 213 Å². The molecule has 0 saturated carbocycles. The van der Waals surface area contributed by atoms with Gasteiger partial charge in [-0.25, -0.2) is 9.37 Å². The standard InChI is InChI=1S/C28H28F2N4O3/c29-25-13-22-17(5-8-32-28(22)35)11-23(25)24-12-21(26(30)33-27(24)31)16-1-3-19(4-2-16)37-20-6-9-34(10-7-20)18-14-36-15-18/h1-4,11-13,18,20H,5-10,14-15H2,(H2,31,33)(H,32,35). The summed E-state index contributed by atoms with van der Waals surface area (Å²) in [6.07, 6.45) is 2.61. The van der Waals surface area contributed by atoms with Gasteiger partial charge in [0.1, 0.15) is 23.5 Å². The highest BCUT2D eigenvalue weighted by atomic mass is 19.1. The minimum Gasteiger partial charge on any atom is -0.490 e. The van der Waals surface area contributed by atoms with Crippen LogP contribution in [0.15, 0.2) is 42.5 Å². The minimum atomic E-state index is -0.736. The first-order valence-corrected chi connectivity index (χ1v) is 12.6. The molecular weight excluding hydrogens is 478 g/mol. The Morgan fingerprint density at radius 3 is 2.46 bits per heavy atom. The smallest absolute Gasteiger partial charge is 0.251 e. The molecule has 7 nitrogen and oxygen atoms in total. The molecule has 6 rings (SSSR count). The van der Waals surface area contributed by atoms with Gasteiger partial charge in [-0.2, -0.15) is 4.39 Å². The maximum Gasteiger partial charge on any atom is 0.251 e. The van der Waals surface area contributed by atoms with Crippen LogP contribution in [0.1, 0.15) is 28.8 Å². The Hall–Kier alpha value is -3.56. The lowest BCUT2D eigenvalue weighted by Gasteiger charge is -2.41. The van der Waals surface area contributed by atoms with E-state index in [9.17, 15) is 9.18 Å². The summed E-state index contributed by atoms with van der Waals surface area (Å²) in [6.45, 7) is 4.10. The van der Waals surface area contributed by atoms with Crippen LogP contribution in [0, 0.1) is 11.8 Å². The Balaban J connectivity index is 1.22. The number of pyridine rings is 1. The van der Waals surface area contributed by atoms with E-state index < -0.39 is 11.8 Å². The largest absolute Gasteiger partial charge is 0.490 e. The van der Waals surface area contributed by atoms with E-state index in [0.717, 1.165) is 50.5 Å². The van der Waals surface area contributed by atoms with Gasteiger partial charge in [0.15, 0.2) is 0 Å². The van der Waals surface area contributed by atoms with Crippen molar-refractivity contribution in [1.82, 2.24) is 15.2 Å². The van der Waals surface area contributed by atoms with Crippen LogP contribution in [0.2, 0.25) is 0 Å². The van der Waals surface area contributed by atoms with Crippen LogP contribution in [0.5, 0.6) is 5.75 Å². The third kappa shape index (κ3) is 4.65. The third-order valence-corrected chi connectivity index (χ3v) is 7.49. The number of hydrogen-bond acceptors (Lipinski definition) is 6. The fourth-order valence-corrected chi connectivity index (χ4v) is 5.27. The number of aromatic nitrogens is 1. The van der Waals surface area contributed by atoms with Gasteiger partial charge in [0.2, 0.25) is 5.95 Å². The summed E-state index contributed by atoms with van der Waals surface area (Å²) >= 11 is 0. The second-order valence-corrected chi connectivity index (χ2v) is 9.82. The molecule has 3 aliphatic rings. The van der Waals surface area contributed by atoms with E-state index >= 15 is 4.39 Å². The van der Waals surface area contributed by atoms with Crippen molar-refractivity contribution in [1.29, 1.82) is 0 Å². The first-order valence-electron chi connectivity index (χ1n) is 12.6. The number of nitrogens with two attached hydrogens (primary N) is 1. The number of nitrogens with one attached hydrogen (secondary N) is 1. The number of nitrogen functional groups attached to an aromatic ring is 1. The first kappa shape index (κ1) is 23.8. The van der Waals surface area contributed by atoms with Crippen molar-refractivity contribution in [3.8, 4) is 28.0 Å². The molecule has 37 heavy (non-hydrogen) atoms. The van der Waals surface area contributed by atoms with Gasteiger partial charge in [-0.15, -0.1) is 0 Å². The van der Waals surface area contributed by atoms with Crippen molar-refractivity contribution in [3.63, 3.8) is 0 Å². The number of likely N-dealkylation sites (tertiary alicyclic amines) is 1. The molecule has 0 spiro atoms. The zero-order valence-corrected chi connectivity index (χ0v) is 20.3. The van der Waals surface area contributed by atoms with Crippen molar-refractivity contribution < 1.29 is 23.0 Å². The number of amides is 1. The van der Waals surface area contributed by atoms with Crippen LogP contribution < -0.4 is 15.8 Å². The number of carbonyl (C=O) groups is 1. The number of piperidine rings is 1. The number of rotatable bonds is 5. The van der Waals surface area contributed by atoms with Gasteiger partial charge in [-0.3, -0.25) is 9.69 Å². The summed E-state index contributed by atoms with van der Waals surface area (Å²) in [6, 6.07) is 12.0. The van der Waals surface area contributed by atoms with E-state index in [0.29, 0.717) is 30.1 Å². The monoisotopic (exact) mass is 506 g/mol. The fraction of sp³-hybridized carbons (Fsp3) is 0.357. The van der Waals surface area contributed by atoms with Crippen molar-refractivity contribution in [2.45, 2.75) is 31.4 Å². The molecule has 9 heteroatoms. The molecule has 2 fully saturated rings. The van der Waals surface area contributed by atoms with Crippen molar-refractivity contribution in [3.05, 3.63) is 65.4 Å². The maximum atomic E-state index is 15.0. The van der Waals surface area contributed by atoms with Crippen LogP contribution in [0.3, 0.4) is 0 Å². The number of carbonyl (C=O) groups excluding carboxylic acids is 1. The first-order chi connectivity index (χ1) is 18.0. The summed E-state index contributed by atoms with van der Waals surface area (Å²) < 4.78 is 41.4. The summed E-state index contributed by atoms with van der Waals surface area (Å²) in [4.78, 5) is 18.4. The van der Waals surface area contributed by atoms with E-state index in [-0.39, 0.29) is 34.5 Å². The van der Waals surface area contributed by atoms with Gasteiger partial charge in [-0.1, -0.05) is 12.1 Å². The van der Waals surface area contributed by atoms with Gasteiger partial charge in [0, 0.05) is 41.9 Å². The van der Waals surface area contributed by atoms with E-state index in [1.165, 1.54) is 12.1 Å². The van der Waals surface area contributed by atoms with Crippen LogP contribution in [0.4, 0.5) is 14.6 Å². The van der Waals surface area contributed by atoms with Gasteiger partial charge in [0.25, 0.3) is 5.91 Å². The maximum absolute atomic E-state index is 15.0. The molecule has 1 aromatic heterocycles. The molecule has 0 aliphatic carbocycles. The summed E-state index contributed by atoms with van der Waals surface area (Å²) in [5.74, 6) is -1.04. The average molecular weight is 507 g/mol. The van der Waals surface area contributed by atoms with E-state index in [1.54, 1.807) is 18.2 Å². The van der Waals surface area contributed by atoms with Gasteiger partial charge in [0.05, 0.1) is 19.3 Å². The van der Waals surface area contributed by atoms with Crippen molar-refractivity contribution in [2.75, 3.05) is 38.6 Å². The van der Waals surface area contributed by atoms with Crippen LogP contribution in [0.25, 0.3) is 22.3 Å². The molecule has 3 aliphatic heterocycles. The average Bonchev–Trinajstić information content (AvgIpc) is 2.85. The SMILES string of the molecule is Nc1nc(F)c(-c2ccc(OC3CCN(C4COC4)CC3)cc2)cc1-c1cc2c(cc1F)C(=O)NCC2. The molecule has 192 valence electrons. The number of benzene rings is 2. The highest BCUT2D eigenvalue weighted by Crippen LogP contribution is 2.35. The van der Waals surface area contributed by atoms with Crippen LogP contribution >= 0.6 is 0 Å². The lowest BCUT2D eigenvalue weighted by molar-refractivity contribution is -0.0778. The molecule has 0 atom stereocenters. The molecule has 0 bridgehead atoms. The number of anilines is 1. The Bertz CT molecular complexity index is 1340. The molecule has 0 radical (unpaired) electrons. The molecular formula is C28H28F2N4O3. The number of hydrogen-bond donors (Lipinski definition) is 2. The molecule has 0 unspecified atom stereocenters. The lowest BCUT2D eigenvalue weighted by Crippen LogP contribution is -2.52. The second kappa shape index (κ2) is 9.72. The predicted molar refractivity (Wildman–Crippen MR) is 135 cm³/mol. The predicted octanol–water partition coefficient (Wildman–Crippen LogP) is 3.80. The van der Waals surface area contributed by atoms with E-state index in [2.05, 4.69) is 15.2 Å². The highest BCUT2D eigenvalue weighted by molar-refractivity contribution is 5.97. The quantitative estimate of drug-likeness (QED) is 0.512. The van der Waals surface area contributed by atoms with E-state index in [4.69, 9.17) is 15.2 Å². The Morgan fingerprint density at radius 1 is 1.00 bits per heavy atom. The summed E-state index contributed by atoms with van der Waals surface area (Å²) in [7, 11) is 0. The van der Waals surface area contributed by atoms with Crippen LogP contribution in [-0.2, 0) is 11.2 Å². The molecule has 1 amide bonds. The number of nitrogens with zero attached hydrogens (tertiary/aromatic N) is 2. The normalized spacial score (nSPS) is 18.7. The molecule has 4 heterocycles. The highest BCUT2D eigenvalue weighted by Gasteiger charge is 2.30. The lowest BCUT2D eigenvalue weighted by atomic mass is 9.93. The van der Waals surface area contributed by atoms with Gasteiger partial charge in [-0.05, 0) is 60.7 Å². The van der Waals surface area contributed by atoms with E-state index in [1.807, 2.05) is 12.1 Å². The molecule has 2 saturated heterocycles. The van der Waals surface area contributed by atoms with Crippen molar-refractivity contribution >= 4 is 11.7 Å². The third-order valence-electron chi connectivity index (χ3n) is 7.49. The number of fused-ring (bicyclic) bond motifs is 1. The Morgan fingerprint density at radius 2 is 1.76 bits per heavy atom. The number of ether oxygens (including phenoxy) is 2. The zero-order valence-electron chi connectivity index (χ0n) is 20.3. The van der Waals surface area contributed by atoms with Gasteiger partial charge >= 0.3 is 0 Å². The Kier molecular flexibility index (Phi) is 6.26. The zero-order chi connectivity index (χ0) is 25.5. The molecule has 3 aromatic rings. The second-order valence-electron chi connectivity index (χ2n) is 9.82. The minimum absolute atomic E-state index is 0.111. The fourth-order valence-electron chi connectivity index (χ4n) is 5.27. The number of halogens is 2. The summed E-state index contributed by atoms with van der Waals surface area (Å²) in [5.41, 5.74) is 8.31. The topological polar surface area (TPSA) is 89.7 Å². The summed E-state index contributed by atoms with van der Waals surface area (Å²) in [5, 5.41) is 2.71.